The Kier molecular flexibility index (Phi) is 7.22. The number of nitrogens with one attached hydrogen (secondary N) is 1. The first-order valence-electron chi connectivity index (χ1n) is 6.22. The molecule has 1 aromatic carbocycles. The zero-order valence-corrected chi connectivity index (χ0v) is 11.5. The van der Waals surface area contributed by atoms with Crippen molar-refractivity contribution in [3.05, 3.63) is 23.8 Å². The first-order chi connectivity index (χ1) is 8.81. The molecular weight excluding hydrogens is 230 g/mol. The Morgan fingerprint density at radius 2 is 1.89 bits per heavy atom. The molecule has 1 aromatic rings. The second-order valence-corrected chi connectivity index (χ2v) is 4.05. The first-order valence-corrected chi connectivity index (χ1v) is 6.22. The maximum atomic E-state index is 5.34. The molecule has 0 bridgehead atoms. The summed E-state index contributed by atoms with van der Waals surface area (Å²) in [6.07, 6.45) is 2.20. The van der Waals surface area contributed by atoms with Crippen LogP contribution in [0.25, 0.3) is 0 Å². The summed E-state index contributed by atoms with van der Waals surface area (Å²) in [7, 11) is 5.06. The van der Waals surface area contributed by atoms with Gasteiger partial charge in [0, 0.05) is 31.9 Å². The van der Waals surface area contributed by atoms with E-state index in [0.29, 0.717) is 0 Å². The molecule has 4 nitrogen and oxygen atoms in total. The maximum absolute atomic E-state index is 5.34. The molecule has 102 valence electrons. The molecule has 0 spiro atoms. The minimum Gasteiger partial charge on any atom is -0.497 e. The molecule has 0 aromatic heterocycles. The molecule has 0 radical (unpaired) electrons. The lowest BCUT2D eigenvalue weighted by Gasteiger charge is -2.11. The number of unbranched alkanes of at least 4 members (excludes halogenated alkanes) is 1. The Labute approximate surface area is 109 Å². The van der Waals surface area contributed by atoms with Gasteiger partial charge in [-0.3, -0.25) is 0 Å². The summed E-state index contributed by atoms with van der Waals surface area (Å²) in [6.45, 7) is 2.62. The summed E-state index contributed by atoms with van der Waals surface area (Å²) in [5.41, 5.74) is 1.14. The highest BCUT2D eigenvalue weighted by Gasteiger charge is 2.04. The van der Waals surface area contributed by atoms with Crippen molar-refractivity contribution in [2.75, 3.05) is 34.5 Å². The van der Waals surface area contributed by atoms with Gasteiger partial charge in [0.25, 0.3) is 0 Å². The van der Waals surface area contributed by atoms with Crippen LogP contribution in [0.4, 0.5) is 0 Å². The Balaban J connectivity index is 2.37. The van der Waals surface area contributed by atoms with Crippen LogP contribution in [0.1, 0.15) is 18.4 Å². The van der Waals surface area contributed by atoms with E-state index in [1.807, 2.05) is 18.2 Å². The number of benzene rings is 1. The van der Waals surface area contributed by atoms with Gasteiger partial charge in [-0.1, -0.05) is 6.07 Å². The molecule has 0 amide bonds. The lowest BCUT2D eigenvalue weighted by atomic mass is 10.2. The Morgan fingerprint density at radius 1 is 1.06 bits per heavy atom. The van der Waals surface area contributed by atoms with Gasteiger partial charge in [-0.25, -0.2) is 0 Å². The van der Waals surface area contributed by atoms with Crippen LogP contribution in [0.15, 0.2) is 18.2 Å². The molecule has 1 N–H and O–H groups in total. The van der Waals surface area contributed by atoms with Crippen molar-refractivity contribution in [2.24, 2.45) is 0 Å². The average Bonchev–Trinajstić information content (AvgIpc) is 2.42. The number of hydrogen-bond acceptors (Lipinski definition) is 4. The predicted octanol–water partition coefficient (Wildman–Crippen LogP) is 2.22. The number of methoxy groups -OCH3 is 3. The lowest BCUT2D eigenvalue weighted by Crippen LogP contribution is -2.15. The van der Waals surface area contributed by atoms with Crippen LogP contribution < -0.4 is 14.8 Å². The molecule has 0 fully saturated rings. The van der Waals surface area contributed by atoms with Crippen molar-refractivity contribution >= 4 is 0 Å². The third-order valence-corrected chi connectivity index (χ3v) is 2.76. The minimum absolute atomic E-state index is 0.806. The predicted molar refractivity (Wildman–Crippen MR) is 72.4 cm³/mol. The number of rotatable bonds is 9. The molecule has 0 unspecified atom stereocenters. The van der Waals surface area contributed by atoms with Gasteiger partial charge in [-0.2, -0.15) is 0 Å². The van der Waals surface area contributed by atoms with Crippen LogP contribution >= 0.6 is 0 Å². The van der Waals surface area contributed by atoms with Gasteiger partial charge in [0.1, 0.15) is 11.5 Å². The van der Waals surface area contributed by atoms with Crippen LogP contribution in [0.3, 0.4) is 0 Å². The molecule has 0 saturated carbocycles. The fourth-order valence-corrected chi connectivity index (χ4v) is 1.72. The van der Waals surface area contributed by atoms with Crippen molar-refractivity contribution in [2.45, 2.75) is 19.4 Å². The summed E-state index contributed by atoms with van der Waals surface area (Å²) >= 11 is 0. The summed E-state index contributed by atoms with van der Waals surface area (Å²) in [5, 5.41) is 3.40. The standard InChI is InChI=1S/C14H23NO3/c1-16-9-5-4-8-15-11-12-6-7-13(17-2)10-14(12)18-3/h6-7,10,15H,4-5,8-9,11H2,1-3H3. The van der Waals surface area contributed by atoms with Crippen molar-refractivity contribution in [3.63, 3.8) is 0 Å². The minimum atomic E-state index is 0.806. The third kappa shape index (κ3) is 4.94. The molecule has 0 heterocycles. The van der Waals surface area contributed by atoms with Crippen LogP contribution in [0.2, 0.25) is 0 Å². The Morgan fingerprint density at radius 3 is 2.56 bits per heavy atom. The highest BCUT2D eigenvalue weighted by Crippen LogP contribution is 2.24. The third-order valence-electron chi connectivity index (χ3n) is 2.76. The molecule has 18 heavy (non-hydrogen) atoms. The fraction of sp³-hybridized carbons (Fsp3) is 0.571. The van der Waals surface area contributed by atoms with Gasteiger partial charge in [-0.15, -0.1) is 0 Å². The molecule has 0 atom stereocenters. The largest absolute Gasteiger partial charge is 0.497 e. The number of ether oxygens (including phenoxy) is 3. The molecule has 4 heteroatoms. The van der Waals surface area contributed by atoms with E-state index in [-0.39, 0.29) is 0 Å². The zero-order valence-electron chi connectivity index (χ0n) is 11.5. The van der Waals surface area contributed by atoms with Gasteiger partial charge in [0.2, 0.25) is 0 Å². The van der Waals surface area contributed by atoms with Crippen molar-refractivity contribution in [1.82, 2.24) is 5.32 Å². The normalized spacial score (nSPS) is 10.4. The molecule has 0 aliphatic rings. The summed E-state index contributed by atoms with van der Waals surface area (Å²) in [6, 6.07) is 5.88. The Bertz CT molecular complexity index is 342. The van der Waals surface area contributed by atoms with Crippen LogP contribution in [0.5, 0.6) is 11.5 Å². The second-order valence-electron chi connectivity index (χ2n) is 4.05. The molecule has 0 saturated heterocycles. The van der Waals surface area contributed by atoms with Crippen molar-refractivity contribution in [1.29, 1.82) is 0 Å². The first kappa shape index (κ1) is 14.8. The molecular formula is C14H23NO3. The lowest BCUT2D eigenvalue weighted by molar-refractivity contribution is 0.192. The maximum Gasteiger partial charge on any atom is 0.127 e. The van der Waals surface area contributed by atoms with E-state index < -0.39 is 0 Å². The van der Waals surface area contributed by atoms with Gasteiger partial charge >= 0.3 is 0 Å². The molecule has 0 aliphatic heterocycles. The van der Waals surface area contributed by atoms with Crippen LogP contribution in [0, 0.1) is 0 Å². The monoisotopic (exact) mass is 253 g/mol. The van der Waals surface area contributed by atoms with Crippen molar-refractivity contribution < 1.29 is 14.2 Å². The van der Waals surface area contributed by atoms with Gasteiger partial charge in [0.15, 0.2) is 0 Å². The van der Waals surface area contributed by atoms with Gasteiger partial charge in [-0.05, 0) is 25.5 Å². The summed E-state index contributed by atoms with van der Waals surface area (Å²) in [4.78, 5) is 0. The van der Waals surface area contributed by atoms with Gasteiger partial charge in [0.05, 0.1) is 14.2 Å². The fourth-order valence-electron chi connectivity index (χ4n) is 1.72. The SMILES string of the molecule is COCCCCNCc1ccc(OC)cc1OC. The van der Waals surface area contributed by atoms with Crippen LogP contribution in [-0.4, -0.2) is 34.5 Å². The molecule has 1 rings (SSSR count). The van der Waals surface area contributed by atoms with Gasteiger partial charge < -0.3 is 19.5 Å². The van der Waals surface area contributed by atoms with E-state index in [1.165, 1.54) is 0 Å². The number of hydrogen-bond donors (Lipinski definition) is 1. The molecule has 0 aliphatic carbocycles. The van der Waals surface area contributed by atoms with E-state index in [0.717, 1.165) is 49.6 Å². The topological polar surface area (TPSA) is 39.7 Å². The smallest absolute Gasteiger partial charge is 0.127 e. The Hall–Kier alpha value is -1.26. The summed E-state index contributed by atoms with van der Waals surface area (Å²) in [5.74, 6) is 1.68. The van der Waals surface area contributed by atoms with E-state index in [9.17, 15) is 0 Å². The quantitative estimate of drug-likeness (QED) is 0.685. The average molecular weight is 253 g/mol. The van der Waals surface area contributed by atoms with E-state index in [4.69, 9.17) is 14.2 Å². The van der Waals surface area contributed by atoms with Crippen LogP contribution in [-0.2, 0) is 11.3 Å². The van der Waals surface area contributed by atoms with E-state index in [2.05, 4.69) is 5.32 Å². The summed E-state index contributed by atoms with van der Waals surface area (Å²) < 4.78 is 15.5. The zero-order chi connectivity index (χ0) is 13.2. The van der Waals surface area contributed by atoms with Crippen molar-refractivity contribution in [3.8, 4) is 11.5 Å². The second kappa shape index (κ2) is 8.78. The highest BCUT2D eigenvalue weighted by molar-refractivity contribution is 5.40. The van der Waals surface area contributed by atoms with E-state index in [1.54, 1.807) is 21.3 Å². The highest BCUT2D eigenvalue weighted by atomic mass is 16.5. The van der Waals surface area contributed by atoms with E-state index >= 15 is 0 Å².